The third-order valence-corrected chi connectivity index (χ3v) is 2.54. The van der Waals surface area contributed by atoms with E-state index < -0.39 is 0 Å². The maximum Gasteiger partial charge on any atom is 0.0406 e. The van der Waals surface area contributed by atoms with E-state index in [1.807, 2.05) is 12.1 Å². The predicted molar refractivity (Wildman–Crippen MR) is 54.9 cm³/mol. The Morgan fingerprint density at radius 2 is 2.00 bits per heavy atom. The van der Waals surface area contributed by atoms with Crippen molar-refractivity contribution in [2.45, 2.75) is 12.6 Å². The molecule has 2 rings (SSSR count). The zero-order valence-corrected chi connectivity index (χ0v) is 8.14. The fourth-order valence-electron chi connectivity index (χ4n) is 1.30. The summed E-state index contributed by atoms with van der Waals surface area (Å²) >= 11 is 5.78. The first-order valence-electron chi connectivity index (χ1n) is 4.53. The van der Waals surface area contributed by atoms with Gasteiger partial charge >= 0.3 is 0 Å². The summed E-state index contributed by atoms with van der Waals surface area (Å²) in [5.74, 6) is 0. The molecule has 2 N–H and O–H groups in total. The highest BCUT2D eigenvalue weighted by atomic mass is 35.5. The van der Waals surface area contributed by atoms with Crippen LogP contribution in [0.15, 0.2) is 24.3 Å². The second-order valence-corrected chi connectivity index (χ2v) is 3.80. The summed E-state index contributed by atoms with van der Waals surface area (Å²) < 4.78 is 0. The van der Waals surface area contributed by atoms with E-state index in [1.165, 1.54) is 5.56 Å². The van der Waals surface area contributed by atoms with Gasteiger partial charge in [0.1, 0.15) is 0 Å². The standard InChI is InChI=1S/C10H13ClN2/c11-9-3-1-8(2-4-9)5-13-10-6-12-7-10/h1-4,10,12-13H,5-7H2. The Bertz CT molecular complexity index is 267. The number of hydrogen-bond donors (Lipinski definition) is 2. The van der Waals surface area contributed by atoms with Gasteiger partial charge in [0.2, 0.25) is 0 Å². The lowest BCUT2D eigenvalue weighted by Gasteiger charge is -2.28. The number of nitrogens with one attached hydrogen (secondary N) is 2. The first-order valence-corrected chi connectivity index (χ1v) is 4.91. The van der Waals surface area contributed by atoms with Gasteiger partial charge in [0.05, 0.1) is 0 Å². The fraction of sp³-hybridized carbons (Fsp3) is 0.400. The molecule has 0 aromatic heterocycles. The summed E-state index contributed by atoms with van der Waals surface area (Å²) in [5, 5.41) is 7.47. The van der Waals surface area contributed by atoms with Crippen LogP contribution in [0.2, 0.25) is 5.02 Å². The third kappa shape index (κ3) is 2.44. The molecule has 0 unspecified atom stereocenters. The van der Waals surface area contributed by atoms with Crippen molar-refractivity contribution >= 4 is 11.6 Å². The topological polar surface area (TPSA) is 24.1 Å². The second kappa shape index (κ2) is 4.09. The van der Waals surface area contributed by atoms with Crippen molar-refractivity contribution in [2.75, 3.05) is 13.1 Å². The first kappa shape index (κ1) is 9.00. The second-order valence-electron chi connectivity index (χ2n) is 3.36. The van der Waals surface area contributed by atoms with Crippen LogP contribution in [0.4, 0.5) is 0 Å². The fourth-order valence-corrected chi connectivity index (χ4v) is 1.42. The lowest BCUT2D eigenvalue weighted by atomic mass is 10.1. The molecule has 2 nitrogen and oxygen atoms in total. The molecule has 1 aliphatic rings. The van der Waals surface area contributed by atoms with Crippen LogP contribution in [0.25, 0.3) is 0 Å². The predicted octanol–water partition coefficient (Wildman–Crippen LogP) is 1.40. The lowest BCUT2D eigenvalue weighted by molar-refractivity contribution is 0.365. The van der Waals surface area contributed by atoms with Crippen molar-refractivity contribution in [2.24, 2.45) is 0 Å². The Morgan fingerprint density at radius 1 is 1.31 bits per heavy atom. The minimum Gasteiger partial charge on any atom is -0.314 e. The average molecular weight is 197 g/mol. The molecule has 1 saturated heterocycles. The molecule has 0 bridgehead atoms. The van der Waals surface area contributed by atoms with Gasteiger partial charge in [0.15, 0.2) is 0 Å². The SMILES string of the molecule is Clc1ccc(CNC2CNC2)cc1. The van der Waals surface area contributed by atoms with Crippen molar-refractivity contribution in [3.63, 3.8) is 0 Å². The van der Waals surface area contributed by atoms with Gasteiger partial charge in [-0.15, -0.1) is 0 Å². The van der Waals surface area contributed by atoms with Crippen LogP contribution >= 0.6 is 11.6 Å². The van der Waals surface area contributed by atoms with Crippen LogP contribution in [-0.2, 0) is 6.54 Å². The van der Waals surface area contributed by atoms with E-state index >= 15 is 0 Å². The highest BCUT2D eigenvalue weighted by Gasteiger charge is 2.14. The Labute approximate surface area is 83.3 Å². The van der Waals surface area contributed by atoms with E-state index in [1.54, 1.807) is 0 Å². The molecule has 1 aliphatic heterocycles. The van der Waals surface area contributed by atoms with Crippen LogP contribution in [0.3, 0.4) is 0 Å². The van der Waals surface area contributed by atoms with Gasteiger partial charge in [-0.05, 0) is 17.7 Å². The molecule has 0 atom stereocenters. The summed E-state index contributed by atoms with van der Waals surface area (Å²) in [6.45, 7) is 3.12. The molecular weight excluding hydrogens is 184 g/mol. The number of hydrogen-bond acceptors (Lipinski definition) is 2. The molecule has 0 aliphatic carbocycles. The van der Waals surface area contributed by atoms with Gasteiger partial charge in [0.25, 0.3) is 0 Å². The third-order valence-electron chi connectivity index (χ3n) is 2.29. The number of halogens is 1. The highest BCUT2D eigenvalue weighted by Crippen LogP contribution is 2.09. The molecule has 13 heavy (non-hydrogen) atoms. The highest BCUT2D eigenvalue weighted by molar-refractivity contribution is 6.30. The van der Waals surface area contributed by atoms with E-state index in [4.69, 9.17) is 11.6 Å². The first-order chi connectivity index (χ1) is 6.34. The van der Waals surface area contributed by atoms with Gasteiger partial charge in [-0.2, -0.15) is 0 Å². The van der Waals surface area contributed by atoms with Crippen LogP contribution in [0.1, 0.15) is 5.56 Å². The lowest BCUT2D eigenvalue weighted by Crippen LogP contribution is -2.54. The largest absolute Gasteiger partial charge is 0.314 e. The summed E-state index contributed by atoms with van der Waals surface area (Å²) in [6, 6.07) is 8.62. The molecule has 1 heterocycles. The van der Waals surface area contributed by atoms with Crippen LogP contribution < -0.4 is 10.6 Å². The summed E-state index contributed by atoms with van der Waals surface area (Å²) in [6.07, 6.45) is 0. The van der Waals surface area contributed by atoms with E-state index in [2.05, 4.69) is 22.8 Å². The summed E-state index contributed by atoms with van der Waals surface area (Å²) in [5.41, 5.74) is 1.29. The monoisotopic (exact) mass is 196 g/mol. The van der Waals surface area contributed by atoms with E-state index in [0.717, 1.165) is 24.7 Å². The molecule has 70 valence electrons. The van der Waals surface area contributed by atoms with E-state index in [0.29, 0.717) is 6.04 Å². The van der Waals surface area contributed by atoms with Crippen molar-refractivity contribution in [3.8, 4) is 0 Å². The van der Waals surface area contributed by atoms with Crippen molar-refractivity contribution in [1.82, 2.24) is 10.6 Å². The normalized spacial score (nSPS) is 17.0. The molecule has 1 aromatic carbocycles. The number of benzene rings is 1. The Morgan fingerprint density at radius 3 is 2.54 bits per heavy atom. The minimum atomic E-state index is 0.649. The van der Waals surface area contributed by atoms with Gasteiger partial charge in [0, 0.05) is 30.7 Å². The molecule has 3 heteroatoms. The molecule has 0 spiro atoms. The zero-order valence-electron chi connectivity index (χ0n) is 7.39. The van der Waals surface area contributed by atoms with Gasteiger partial charge in [-0.25, -0.2) is 0 Å². The number of rotatable bonds is 3. The Kier molecular flexibility index (Phi) is 2.83. The molecule has 1 aromatic rings. The molecule has 0 saturated carbocycles. The van der Waals surface area contributed by atoms with Crippen LogP contribution in [0, 0.1) is 0 Å². The Hall–Kier alpha value is -0.570. The smallest absolute Gasteiger partial charge is 0.0406 e. The van der Waals surface area contributed by atoms with Gasteiger partial charge in [-0.1, -0.05) is 23.7 Å². The summed E-state index contributed by atoms with van der Waals surface area (Å²) in [7, 11) is 0. The van der Waals surface area contributed by atoms with Crippen molar-refractivity contribution in [3.05, 3.63) is 34.9 Å². The van der Waals surface area contributed by atoms with Crippen molar-refractivity contribution in [1.29, 1.82) is 0 Å². The van der Waals surface area contributed by atoms with E-state index in [-0.39, 0.29) is 0 Å². The minimum absolute atomic E-state index is 0.649. The van der Waals surface area contributed by atoms with Crippen LogP contribution in [0.5, 0.6) is 0 Å². The molecule has 0 amide bonds. The Balaban J connectivity index is 1.83. The molecule has 0 radical (unpaired) electrons. The molecule has 1 fully saturated rings. The van der Waals surface area contributed by atoms with Gasteiger partial charge in [-0.3, -0.25) is 0 Å². The van der Waals surface area contributed by atoms with Gasteiger partial charge < -0.3 is 10.6 Å². The van der Waals surface area contributed by atoms with Crippen molar-refractivity contribution < 1.29 is 0 Å². The van der Waals surface area contributed by atoms with Crippen LogP contribution in [-0.4, -0.2) is 19.1 Å². The maximum atomic E-state index is 5.78. The average Bonchev–Trinajstić information content (AvgIpc) is 2.05. The van der Waals surface area contributed by atoms with E-state index in [9.17, 15) is 0 Å². The quantitative estimate of drug-likeness (QED) is 0.764. The maximum absolute atomic E-state index is 5.78. The zero-order chi connectivity index (χ0) is 9.10. The molecular formula is C10H13ClN2. The summed E-state index contributed by atoms with van der Waals surface area (Å²) in [4.78, 5) is 0.